The lowest BCUT2D eigenvalue weighted by atomic mass is 10.00. The van der Waals surface area contributed by atoms with Crippen LogP contribution in [0.4, 0.5) is 0 Å². The molecule has 0 saturated carbocycles. The molecule has 146 valence electrons. The normalized spacial score (nSPS) is 11.9. The molecule has 0 bridgehead atoms. The molecule has 0 aromatic carbocycles. The van der Waals surface area contributed by atoms with E-state index in [4.69, 9.17) is 5.11 Å². The molecule has 25 heavy (non-hydrogen) atoms. The highest BCUT2D eigenvalue weighted by molar-refractivity contribution is 5.87. The number of aliphatic carboxylic acids is 1. The standard InChI is InChI=1S/C21H39NO3/c1-3-5-6-7-8-10-13-16-19(22-20(23)4-2)17-14-11-9-12-15-18-21(24)25/h4,19H,2-3,5-18H2,1H3,(H,22,23)(H,24,25). The third kappa shape index (κ3) is 17.3. The van der Waals surface area contributed by atoms with Crippen LogP contribution in [-0.2, 0) is 9.59 Å². The van der Waals surface area contributed by atoms with E-state index in [1.807, 2.05) is 0 Å². The SMILES string of the molecule is C=CC(=O)NC(CCCCCCCCC)CCCCCCCC(=O)O. The van der Waals surface area contributed by atoms with E-state index in [-0.39, 0.29) is 18.4 Å². The van der Waals surface area contributed by atoms with Crippen molar-refractivity contribution in [1.29, 1.82) is 0 Å². The van der Waals surface area contributed by atoms with Crippen molar-refractivity contribution in [3.8, 4) is 0 Å². The summed E-state index contributed by atoms with van der Waals surface area (Å²) in [4.78, 5) is 22.0. The Morgan fingerprint density at radius 1 is 0.880 bits per heavy atom. The quantitative estimate of drug-likeness (QED) is 0.248. The monoisotopic (exact) mass is 353 g/mol. The molecule has 0 aliphatic rings. The number of unbranched alkanes of at least 4 members (excludes halogenated alkanes) is 10. The van der Waals surface area contributed by atoms with E-state index >= 15 is 0 Å². The van der Waals surface area contributed by atoms with Gasteiger partial charge >= 0.3 is 5.97 Å². The number of carbonyl (C=O) groups is 2. The molecule has 1 atom stereocenters. The van der Waals surface area contributed by atoms with Gasteiger partial charge in [-0.25, -0.2) is 0 Å². The molecule has 0 radical (unpaired) electrons. The second kappa shape index (κ2) is 17.5. The van der Waals surface area contributed by atoms with Crippen LogP contribution < -0.4 is 5.32 Å². The molecule has 1 amide bonds. The van der Waals surface area contributed by atoms with Gasteiger partial charge in [0.05, 0.1) is 0 Å². The first-order chi connectivity index (χ1) is 12.1. The molecule has 0 heterocycles. The maximum atomic E-state index is 11.6. The molecule has 0 aliphatic heterocycles. The number of nitrogens with one attached hydrogen (secondary N) is 1. The first kappa shape index (κ1) is 23.7. The molecule has 0 fully saturated rings. The van der Waals surface area contributed by atoms with Crippen molar-refractivity contribution < 1.29 is 14.7 Å². The van der Waals surface area contributed by atoms with Gasteiger partial charge in [0.1, 0.15) is 0 Å². The number of hydrogen-bond donors (Lipinski definition) is 2. The molecule has 0 rings (SSSR count). The second-order valence-electron chi connectivity index (χ2n) is 7.02. The summed E-state index contributed by atoms with van der Waals surface area (Å²) >= 11 is 0. The fourth-order valence-electron chi connectivity index (χ4n) is 3.09. The van der Waals surface area contributed by atoms with Crippen molar-refractivity contribution in [3.63, 3.8) is 0 Å². The minimum absolute atomic E-state index is 0.0746. The van der Waals surface area contributed by atoms with Crippen molar-refractivity contribution in [2.75, 3.05) is 0 Å². The minimum atomic E-state index is -0.707. The topological polar surface area (TPSA) is 66.4 Å². The zero-order chi connectivity index (χ0) is 18.8. The minimum Gasteiger partial charge on any atom is -0.481 e. The van der Waals surface area contributed by atoms with Gasteiger partial charge in [-0.2, -0.15) is 0 Å². The molecular weight excluding hydrogens is 314 g/mol. The number of rotatable bonds is 18. The molecule has 4 nitrogen and oxygen atoms in total. The van der Waals surface area contributed by atoms with Gasteiger partial charge in [-0.05, 0) is 25.3 Å². The van der Waals surface area contributed by atoms with Crippen LogP contribution in [0.1, 0.15) is 103 Å². The molecule has 0 aromatic heterocycles. The van der Waals surface area contributed by atoms with Crippen molar-refractivity contribution in [3.05, 3.63) is 12.7 Å². The van der Waals surface area contributed by atoms with Crippen LogP contribution in [0, 0.1) is 0 Å². The van der Waals surface area contributed by atoms with Gasteiger partial charge in [0.2, 0.25) is 5.91 Å². The van der Waals surface area contributed by atoms with Gasteiger partial charge in [-0.1, -0.05) is 84.1 Å². The Kier molecular flexibility index (Phi) is 16.6. The van der Waals surface area contributed by atoms with Gasteiger partial charge in [0.15, 0.2) is 0 Å². The Morgan fingerprint density at radius 2 is 1.36 bits per heavy atom. The fourth-order valence-corrected chi connectivity index (χ4v) is 3.09. The molecule has 0 aliphatic carbocycles. The van der Waals surface area contributed by atoms with Crippen LogP contribution in [0.5, 0.6) is 0 Å². The summed E-state index contributed by atoms with van der Waals surface area (Å²) in [7, 11) is 0. The summed E-state index contributed by atoms with van der Waals surface area (Å²) in [6, 6.07) is 0.250. The maximum absolute atomic E-state index is 11.6. The number of hydrogen-bond acceptors (Lipinski definition) is 2. The van der Waals surface area contributed by atoms with E-state index in [0.717, 1.165) is 44.9 Å². The Hall–Kier alpha value is -1.32. The van der Waals surface area contributed by atoms with Crippen molar-refractivity contribution in [2.24, 2.45) is 0 Å². The first-order valence-corrected chi connectivity index (χ1v) is 10.2. The Labute approximate surface area is 154 Å². The first-order valence-electron chi connectivity index (χ1n) is 10.2. The predicted octanol–water partition coefficient (Wildman–Crippen LogP) is 5.61. The molecule has 2 N–H and O–H groups in total. The average Bonchev–Trinajstić information content (AvgIpc) is 2.59. The molecular formula is C21H39NO3. The van der Waals surface area contributed by atoms with Crippen LogP contribution in [0.15, 0.2) is 12.7 Å². The zero-order valence-electron chi connectivity index (χ0n) is 16.2. The summed E-state index contributed by atoms with van der Waals surface area (Å²) in [5.41, 5.74) is 0. The summed E-state index contributed by atoms with van der Waals surface area (Å²) in [5.74, 6) is -0.781. The summed E-state index contributed by atoms with van der Waals surface area (Å²) in [6.07, 6.45) is 17.7. The molecule has 0 aromatic rings. The zero-order valence-corrected chi connectivity index (χ0v) is 16.2. The number of carboxylic acid groups (broad SMARTS) is 1. The Balaban J connectivity index is 3.80. The van der Waals surface area contributed by atoms with Gasteiger partial charge < -0.3 is 10.4 Å². The van der Waals surface area contributed by atoms with Crippen molar-refractivity contribution in [2.45, 2.75) is 109 Å². The summed E-state index contributed by atoms with van der Waals surface area (Å²) in [5, 5.41) is 11.7. The van der Waals surface area contributed by atoms with E-state index in [0.29, 0.717) is 0 Å². The number of amides is 1. The highest BCUT2D eigenvalue weighted by Gasteiger charge is 2.10. The van der Waals surface area contributed by atoms with E-state index < -0.39 is 5.97 Å². The van der Waals surface area contributed by atoms with Crippen LogP contribution >= 0.6 is 0 Å². The Bertz CT molecular complexity index is 355. The van der Waals surface area contributed by atoms with Gasteiger partial charge in [-0.3, -0.25) is 9.59 Å². The lowest BCUT2D eigenvalue weighted by Crippen LogP contribution is -2.33. The van der Waals surface area contributed by atoms with Gasteiger partial charge in [0, 0.05) is 12.5 Å². The van der Waals surface area contributed by atoms with Gasteiger partial charge in [-0.15, -0.1) is 0 Å². The lowest BCUT2D eigenvalue weighted by molar-refractivity contribution is -0.137. The summed E-state index contributed by atoms with van der Waals surface area (Å²) in [6.45, 7) is 5.77. The van der Waals surface area contributed by atoms with Crippen LogP contribution in [-0.4, -0.2) is 23.0 Å². The highest BCUT2D eigenvalue weighted by Crippen LogP contribution is 2.14. The Morgan fingerprint density at radius 3 is 1.84 bits per heavy atom. The molecule has 4 heteroatoms. The van der Waals surface area contributed by atoms with Crippen molar-refractivity contribution >= 4 is 11.9 Å². The summed E-state index contributed by atoms with van der Waals surface area (Å²) < 4.78 is 0. The van der Waals surface area contributed by atoms with Crippen LogP contribution in [0.2, 0.25) is 0 Å². The number of carbonyl (C=O) groups excluding carboxylic acids is 1. The maximum Gasteiger partial charge on any atom is 0.303 e. The van der Waals surface area contributed by atoms with E-state index in [1.54, 1.807) is 0 Å². The largest absolute Gasteiger partial charge is 0.481 e. The average molecular weight is 354 g/mol. The van der Waals surface area contributed by atoms with E-state index in [2.05, 4.69) is 18.8 Å². The number of carboxylic acids is 1. The molecule has 0 spiro atoms. The van der Waals surface area contributed by atoms with Crippen molar-refractivity contribution in [1.82, 2.24) is 5.32 Å². The van der Waals surface area contributed by atoms with E-state index in [1.165, 1.54) is 51.0 Å². The van der Waals surface area contributed by atoms with Crippen LogP contribution in [0.25, 0.3) is 0 Å². The smallest absolute Gasteiger partial charge is 0.303 e. The third-order valence-corrected chi connectivity index (χ3v) is 4.63. The second-order valence-corrected chi connectivity index (χ2v) is 7.02. The van der Waals surface area contributed by atoms with Crippen LogP contribution in [0.3, 0.4) is 0 Å². The predicted molar refractivity (Wildman–Crippen MR) is 105 cm³/mol. The third-order valence-electron chi connectivity index (χ3n) is 4.63. The fraction of sp³-hybridized carbons (Fsp3) is 0.810. The highest BCUT2D eigenvalue weighted by atomic mass is 16.4. The van der Waals surface area contributed by atoms with E-state index in [9.17, 15) is 9.59 Å². The lowest BCUT2D eigenvalue weighted by Gasteiger charge is -2.18. The molecule has 0 saturated heterocycles. The van der Waals surface area contributed by atoms with Gasteiger partial charge in [0.25, 0.3) is 0 Å². The molecule has 1 unspecified atom stereocenters.